The molecule has 0 aliphatic rings. The van der Waals surface area contributed by atoms with Crippen LogP contribution in [-0.2, 0) is 27.3 Å². The van der Waals surface area contributed by atoms with Crippen LogP contribution in [0, 0.1) is 6.92 Å². The number of amides is 2. The van der Waals surface area contributed by atoms with E-state index in [-0.39, 0.29) is 18.4 Å². The molecule has 0 spiro atoms. The van der Waals surface area contributed by atoms with Gasteiger partial charge < -0.3 is 24.0 Å². The lowest BCUT2D eigenvalue weighted by atomic mass is 10.1. The Hall–Kier alpha value is -3.62. The third kappa shape index (κ3) is 8.46. The van der Waals surface area contributed by atoms with Crippen LogP contribution in [0.4, 0.5) is 0 Å². The van der Waals surface area contributed by atoms with Gasteiger partial charge in [-0.3, -0.25) is 9.59 Å². The van der Waals surface area contributed by atoms with Crippen LogP contribution in [0.15, 0.2) is 66.1 Å². The monoisotopic (exact) mass is 536 g/mol. The second kappa shape index (κ2) is 15.0. The molecular weight excluding hydrogens is 500 g/mol. The summed E-state index contributed by atoms with van der Waals surface area (Å²) < 4.78 is 16.0. The summed E-state index contributed by atoms with van der Waals surface area (Å²) in [7, 11) is 4.79. The highest BCUT2D eigenvalue weighted by Crippen LogP contribution is 2.28. The maximum atomic E-state index is 13.6. The Labute approximate surface area is 229 Å². The Kier molecular flexibility index (Phi) is 11.4. The number of ether oxygens (including phenoxy) is 3. The molecule has 0 fully saturated rings. The van der Waals surface area contributed by atoms with Crippen LogP contribution in [-0.4, -0.2) is 69.2 Å². The van der Waals surface area contributed by atoms with Crippen LogP contribution < -0.4 is 9.47 Å². The number of aryl methyl sites for hydroxylation is 1. The first-order chi connectivity index (χ1) is 18.4. The molecule has 1 aromatic heterocycles. The Morgan fingerprint density at radius 3 is 2.34 bits per heavy atom. The van der Waals surface area contributed by atoms with Gasteiger partial charge in [-0.2, -0.15) is 0 Å². The van der Waals surface area contributed by atoms with Gasteiger partial charge in [0.1, 0.15) is 6.54 Å². The third-order valence-electron chi connectivity index (χ3n) is 6.19. The van der Waals surface area contributed by atoms with Crippen molar-refractivity contribution in [2.45, 2.75) is 19.9 Å². The number of hydrogen-bond acceptors (Lipinski definition) is 6. The molecule has 2 amide bonds. The first-order valence-electron chi connectivity index (χ1n) is 12.5. The van der Waals surface area contributed by atoms with Crippen molar-refractivity contribution >= 4 is 29.2 Å². The summed E-state index contributed by atoms with van der Waals surface area (Å²) in [5.74, 6) is 0.968. The lowest BCUT2D eigenvalue weighted by molar-refractivity contribution is -0.139. The SMILES string of the molecule is COCCN(CC(=O)N(CCc1ccc(OC)c(OC)c1)Cc1sccc1C)C(=O)/C=C/c1ccccc1. The van der Waals surface area contributed by atoms with E-state index in [1.165, 1.54) is 11.0 Å². The molecule has 8 heteroatoms. The van der Waals surface area contributed by atoms with Gasteiger partial charge in [0.2, 0.25) is 11.8 Å². The Balaban J connectivity index is 1.76. The van der Waals surface area contributed by atoms with Gasteiger partial charge in [0.25, 0.3) is 0 Å². The highest BCUT2D eigenvalue weighted by atomic mass is 32.1. The number of thiophene rings is 1. The van der Waals surface area contributed by atoms with Gasteiger partial charge in [-0.05, 0) is 59.7 Å². The van der Waals surface area contributed by atoms with Gasteiger partial charge in [-0.25, -0.2) is 0 Å². The normalized spacial score (nSPS) is 10.9. The van der Waals surface area contributed by atoms with E-state index in [9.17, 15) is 9.59 Å². The molecular formula is C30H36N2O5S. The number of carbonyl (C=O) groups is 2. The van der Waals surface area contributed by atoms with Crippen LogP contribution >= 0.6 is 11.3 Å². The minimum absolute atomic E-state index is 0.0301. The van der Waals surface area contributed by atoms with Crippen LogP contribution in [0.2, 0.25) is 0 Å². The third-order valence-corrected chi connectivity index (χ3v) is 7.20. The van der Waals surface area contributed by atoms with E-state index >= 15 is 0 Å². The lowest BCUT2D eigenvalue weighted by Gasteiger charge is -2.27. The largest absolute Gasteiger partial charge is 0.493 e. The first-order valence-corrected chi connectivity index (χ1v) is 13.4. The maximum absolute atomic E-state index is 13.6. The highest BCUT2D eigenvalue weighted by Gasteiger charge is 2.21. The van der Waals surface area contributed by atoms with Gasteiger partial charge >= 0.3 is 0 Å². The topological polar surface area (TPSA) is 68.3 Å². The number of methoxy groups -OCH3 is 3. The van der Waals surface area contributed by atoms with E-state index in [1.807, 2.05) is 65.7 Å². The molecule has 0 N–H and O–H groups in total. The summed E-state index contributed by atoms with van der Waals surface area (Å²) in [5, 5.41) is 2.03. The second-order valence-electron chi connectivity index (χ2n) is 8.78. The molecule has 3 aromatic rings. The van der Waals surface area contributed by atoms with Crippen LogP contribution in [0.1, 0.15) is 21.6 Å². The molecule has 0 bridgehead atoms. The summed E-state index contributed by atoms with van der Waals surface area (Å²) in [4.78, 5) is 31.1. The van der Waals surface area contributed by atoms with Crippen molar-refractivity contribution in [3.8, 4) is 11.5 Å². The van der Waals surface area contributed by atoms with Gasteiger partial charge in [-0.1, -0.05) is 36.4 Å². The minimum atomic E-state index is -0.230. The predicted molar refractivity (Wildman–Crippen MR) is 152 cm³/mol. The molecule has 202 valence electrons. The van der Waals surface area contributed by atoms with Gasteiger partial charge in [-0.15, -0.1) is 11.3 Å². The average Bonchev–Trinajstić information content (AvgIpc) is 3.35. The van der Waals surface area contributed by atoms with Crippen LogP contribution in [0.25, 0.3) is 6.08 Å². The molecule has 0 atom stereocenters. The van der Waals surface area contributed by atoms with E-state index < -0.39 is 0 Å². The zero-order chi connectivity index (χ0) is 27.3. The van der Waals surface area contributed by atoms with Crippen molar-refractivity contribution in [3.63, 3.8) is 0 Å². The Morgan fingerprint density at radius 1 is 0.921 bits per heavy atom. The van der Waals surface area contributed by atoms with E-state index in [0.29, 0.717) is 44.2 Å². The smallest absolute Gasteiger partial charge is 0.247 e. The number of nitrogens with zero attached hydrogens (tertiary/aromatic N) is 2. The maximum Gasteiger partial charge on any atom is 0.247 e. The van der Waals surface area contributed by atoms with E-state index in [0.717, 1.165) is 21.6 Å². The van der Waals surface area contributed by atoms with E-state index in [1.54, 1.807) is 38.7 Å². The quantitative estimate of drug-likeness (QED) is 0.276. The van der Waals surface area contributed by atoms with Gasteiger partial charge in [0, 0.05) is 31.2 Å². The van der Waals surface area contributed by atoms with E-state index in [4.69, 9.17) is 14.2 Å². The standard InChI is InChI=1S/C30H36N2O5S/c1-23-15-19-38-28(23)21-31(16-14-25-10-12-26(36-3)27(20-25)37-4)30(34)22-32(17-18-35-2)29(33)13-11-24-8-6-5-7-9-24/h5-13,15,19-20H,14,16-18,21-22H2,1-4H3/b13-11+. The second-order valence-corrected chi connectivity index (χ2v) is 9.78. The van der Waals surface area contributed by atoms with Gasteiger partial charge in [0.15, 0.2) is 11.5 Å². The van der Waals surface area contributed by atoms with Crippen LogP contribution in [0.5, 0.6) is 11.5 Å². The molecule has 1 heterocycles. The zero-order valence-corrected chi connectivity index (χ0v) is 23.3. The molecule has 2 aromatic carbocycles. The molecule has 3 rings (SSSR count). The van der Waals surface area contributed by atoms with Crippen molar-refractivity contribution in [2.24, 2.45) is 0 Å². The molecule has 0 aliphatic carbocycles. The highest BCUT2D eigenvalue weighted by molar-refractivity contribution is 7.10. The molecule has 0 aliphatic heterocycles. The first kappa shape index (κ1) is 28.9. The summed E-state index contributed by atoms with van der Waals surface area (Å²) in [6, 6.07) is 17.4. The van der Waals surface area contributed by atoms with Crippen molar-refractivity contribution in [1.82, 2.24) is 9.80 Å². The zero-order valence-electron chi connectivity index (χ0n) is 22.5. The number of hydrogen-bond donors (Lipinski definition) is 0. The fourth-order valence-electron chi connectivity index (χ4n) is 3.90. The predicted octanol–water partition coefficient (Wildman–Crippen LogP) is 4.83. The average molecular weight is 537 g/mol. The molecule has 0 saturated heterocycles. The van der Waals surface area contributed by atoms with Crippen molar-refractivity contribution in [1.29, 1.82) is 0 Å². The fourth-order valence-corrected chi connectivity index (χ4v) is 4.82. The van der Waals surface area contributed by atoms with Crippen molar-refractivity contribution in [2.75, 3.05) is 47.6 Å². The summed E-state index contributed by atoms with van der Waals surface area (Å²) in [6.07, 6.45) is 3.91. The Morgan fingerprint density at radius 2 is 1.68 bits per heavy atom. The van der Waals surface area contributed by atoms with Crippen molar-refractivity contribution < 1.29 is 23.8 Å². The Bertz CT molecular complexity index is 1210. The molecule has 38 heavy (non-hydrogen) atoms. The number of carbonyl (C=O) groups excluding carboxylic acids is 2. The molecule has 0 radical (unpaired) electrons. The molecule has 0 unspecified atom stereocenters. The number of benzene rings is 2. The van der Waals surface area contributed by atoms with Crippen molar-refractivity contribution in [3.05, 3.63) is 87.6 Å². The summed E-state index contributed by atoms with van der Waals surface area (Å²) in [6.45, 7) is 3.67. The fraction of sp³-hybridized carbons (Fsp3) is 0.333. The van der Waals surface area contributed by atoms with E-state index in [2.05, 4.69) is 6.07 Å². The summed E-state index contributed by atoms with van der Waals surface area (Å²) in [5.41, 5.74) is 3.10. The lowest BCUT2D eigenvalue weighted by Crippen LogP contribution is -2.44. The van der Waals surface area contributed by atoms with Gasteiger partial charge in [0.05, 0.1) is 27.4 Å². The molecule has 0 saturated carbocycles. The number of rotatable bonds is 14. The summed E-state index contributed by atoms with van der Waals surface area (Å²) >= 11 is 1.63. The molecule has 7 nitrogen and oxygen atoms in total. The minimum Gasteiger partial charge on any atom is -0.493 e. The van der Waals surface area contributed by atoms with Crippen LogP contribution in [0.3, 0.4) is 0 Å².